The van der Waals surface area contributed by atoms with Gasteiger partial charge in [-0.05, 0) is 30.8 Å². The molecule has 0 spiro atoms. The Labute approximate surface area is 106 Å². The van der Waals surface area contributed by atoms with Gasteiger partial charge in [0.05, 0.1) is 7.11 Å². The topological polar surface area (TPSA) is 33.3 Å². The van der Waals surface area contributed by atoms with Gasteiger partial charge in [0.1, 0.15) is 0 Å². The summed E-state index contributed by atoms with van der Waals surface area (Å²) in [6.07, 6.45) is 2.18. The van der Waals surface area contributed by atoms with Crippen LogP contribution >= 0.6 is 12.2 Å². The van der Waals surface area contributed by atoms with Gasteiger partial charge in [0.2, 0.25) is 0 Å². The van der Waals surface area contributed by atoms with Gasteiger partial charge >= 0.3 is 0 Å². The first-order chi connectivity index (χ1) is 8.17. The minimum atomic E-state index is -0.386. The van der Waals surface area contributed by atoms with Crippen molar-refractivity contribution < 1.29 is 9.13 Å². The molecule has 0 saturated carbocycles. The maximum atomic E-state index is 13.2. The van der Waals surface area contributed by atoms with Crippen LogP contribution < -0.4 is 15.4 Å². The molecule has 1 aromatic carbocycles. The molecule has 5 heteroatoms. The second-order valence-corrected chi connectivity index (χ2v) is 3.99. The number of hydrogen-bond acceptors (Lipinski definition) is 2. The lowest BCUT2D eigenvalue weighted by molar-refractivity contribution is 0.387. The van der Waals surface area contributed by atoms with Crippen LogP contribution in [0.3, 0.4) is 0 Å². The quantitative estimate of drug-likeness (QED) is 0.627. The molecule has 0 unspecified atom stereocenters. The second-order valence-electron chi connectivity index (χ2n) is 3.58. The number of halogens is 1. The van der Waals surface area contributed by atoms with Crippen LogP contribution in [-0.4, -0.2) is 18.8 Å². The fraction of sp³-hybridized carbons (Fsp3) is 0.417. The number of rotatable bonds is 5. The highest BCUT2D eigenvalue weighted by Crippen LogP contribution is 2.21. The van der Waals surface area contributed by atoms with Crippen molar-refractivity contribution >= 4 is 23.0 Å². The first-order valence-electron chi connectivity index (χ1n) is 5.55. The van der Waals surface area contributed by atoms with E-state index in [1.165, 1.54) is 13.2 Å². The molecular formula is C12H17FN2OS. The third-order valence-electron chi connectivity index (χ3n) is 2.22. The Bertz CT molecular complexity index is 385. The number of anilines is 1. The molecule has 0 heterocycles. The number of benzene rings is 1. The summed E-state index contributed by atoms with van der Waals surface area (Å²) in [6.45, 7) is 2.95. The molecule has 17 heavy (non-hydrogen) atoms. The highest BCUT2D eigenvalue weighted by atomic mass is 32.1. The minimum Gasteiger partial charge on any atom is -0.494 e. The molecule has 0 aliphatic rings. The Balaban J connectivity index is 2.53. The van der Waals surface area contributed by atoms with E-state index in [2.05, 4.69) is 17.6 Å². The minimum absolute atomic E-state index is 0.200. The normalized spacial score (nSPS) is 9.82. The number of unbranched alkanes of at least 4 members (excludes halogenated alkanes) is 1. The molecule has 1 aromatic rings. The molecule has 2 N–H and O–H groups in total. The van der Waals surface area contributed by atoms with Crippen LogP contribution in [0.5, 0.6) is 5.75 Å². The summed E-state index contributed by atoms with van der Waals surface area (Å²) in [7, 11) is 1.43. The van der Waals surface area contributed by atoms with Gasteiger partial charge in [-0.1, -0.05) is 13.3 Å². The van der Waals surface area contributed by atoms with E-state index in [-0.39, 0.29) is 11.6 Å². The van der Waals surface area contributed by atoms with Gasteiger partial charge < -0.3 is 15.4 Å². The molecule has 0 aliphatic heterocycles. The van der Waals surface area contributed by atoms with Crippen molar-refractivity contribution in [1.29, 1.82) is 0 Å². The number of hydrogen-bond donors (Lipinski definition) is 2. The molecule has 0 bridgehead atoms. The lowest BCUT2D eigenvalue weighted by Crippen LogP contribution is -2.29. The van der Waals surface area contributed by atoms with E-state index in [4.69, 9.17) is 17.0 Å². The zero-order chi connectivity index (χ0) is 12.7. The highest BCUT2D eigenvalue weighted by Gasteiger charge is 2.04. The molecule has 3 nitrogen and oxygen atoms in total. The summed E-state index contributed by atoms with van der Waals surface area (Å²) in [6, 6.07) is 4.53. The Kier molecular flexibility index (Phi) is 5.69. The van der Waals surface area contributed by atoms with Crippen molar-refractivity contribution in [2.75, 3.05) is 19.0 Å². The largest absolute Gasteiger partial charge is 0.494 e. The standard InChI is InChI=1S/C12H17FN2OS/c1-3-4-7-14-12(17)15-9-5-6-10(13)11(8-9)16-2/h5-6,8H,3-4,7H2,1-2H3,(H2,14,15,17). The van der Waals surface area contributed by atoms with Crippen molar-refractivity contribution in [3.8, 4) is 5.75 Å². The molecule has 1 rings (SSSR count). The van der Waals surface area contributed by atoms with E-state index in [0.717, 1.165) is 19.4 Å². The Morgan fingerprint density at radius 2 is 2.24 bits per heavy atom. The van der Waals surface area contributed by atoms with Crippen LogP contribution in [0.1, 0.15) is 19.8 Å². The molecule has 0 aromatic heterocycles. The number of ether oxygens (including phenoxy) is 1. The fourth-order valence-corrected chi connectivity index (χ4v) is 1.51. The van der Waals surface area contributed by atoms with Crippen LogP contribution in [0.2, 0.25) is 0 Å². The molecular weight excluding hydrogens is 239 g/mol. The van der Waals surface area contributed by atoms with Gasteiger partial charge in [-0.25, -0.2) is 4.39 Å². The van der Waals surface area contributed by atoms with Crippen molar-refractivity contribution in [2.45, 2.75) is 19.8 Å². The zero-order valence-electron chi connectivity index (χ0n) is 10.0. The van der Waals surface area contributed by atoms with E-state index in [9.17, 15) is 4.39 Å². The summed E-state index contributed by atoms with van der Waals surface area (Å²) in [5, 5.41) is 6.58. The fourth-order valence-electron chi connectivity index (χ4n) is 1.29. The second kappa shape index (κ2) is 7.06. The van der Waals surface area contributed by atoms with Crippen LogP contribution in [0.25, 0.3) is 0 Å². The predicted octanol–water partition coefficient (Wildman–Crippen LogP) is 2.92. The summed E-state index contributed by atoms with van der Waals surface area (Å²) >= 11 is 5.10. The molecule has 94 valence electrons. The van der Waals surface area contributed by atoms with Crippen LogP contribution in [0.4, 0.5) is 10.1 Å². The van der Waals surface area contributed by atoms with E-state index in [1.807, 2.05) is 0 Å². The molecule has 0 saturated heterocycles. The average molecular weight is 256 g/mol. The number of thiocarbonyl (C=S) groups is 1. The summed E-state index contributed by atoms with van der Waals surface area (Å²) in [4.78, 5) is 0. The van der Waals surface area contributed by atoms with Crippen molar-refractivity contribution in [3.63, 3.8) is 0 Å². The van der Waals surface area contributed by atoms with Crippen LogP contribution in [0, 0.1) is 5.82 Å². The lowest BCUT2D eigenvalue weighted by Gasteiger charge is -2.11. The molecule has 0 amide bonds. The zero-order valence-corrected chi connectivity index (χ0v) is 10.9. The molecule has 0 atom stereocenters. The van der Waals surface area contributed by atoms with E-state index in [0.29, 0.717) is 10.8 Å². The molecule has 0 radical (unpaired) electrons. The van der Waals surface area contributed by atoms with Gasteiger partial charge in [-0.15, -0.1) is 0 Å². The summed E-state index contributed by atoms with van der Waals surface area (Å²) < 4.78 is 18.0. The average Bonchev–Trinajstić information content (AvgIpc) is 2.32. The van der Waals surface area contributed by atoms with Gasteiger partial charge in [0.25, 0.3) is 0 Å². The number of methoxy groups -OCH3 is 1. The SMILES string of the molecule is CCCCNC(=S)Nc1ccc(F)c(OC)c1. The Morgan fingerprint density at radius 3 is 2.88 bits per heavy atom. The maximum absolute atomic E-state index is 13.2. The molecule has 0 aliphatic carbocycles. The third-order valence-corrected chi connectivity index (χ3v) is 2.47. The predicted molar refractivity (Wildman–Crippen MR) is 72.1 cm³/mol. The van der Waals surface area contributed by atoms with Crippen molar-refractivity contribution in [3.05, 3.63) is 24.0 Å². The Hall–Kier alpha value is -1.36. The highest BCUT2D eigenvalue weighted by molar-refractivity contribution is 7.80. The molecule has 0 fully saturated rings. The van der Waals surface area contributed by atoms with Crippen LogP contribution in [-0.2, 0) is 0 Å². The van der Waals surface area contributed by atoms with E-state index >= 15 is 0 Å². The Morgan fingerprint density at radius 1 is 1.47 bits per heavy atom. The summed E-state index contributed by atoms with van der Waals surface area (Å²) in [5.74, 6) is -0.186. The van der Waals surface area contributed by atoms with E-state index < -0.39 is 0 Å². The number of nitrogens with one attached hydrogen (secondary N) is 2. The lowest BCUT2D eigenvalue weighted by atomic mass is 10.3. The smallest absolute Gasteiger partial charge is 0.170 e. The van der Waals surface area contributed by atoms with Crippen molar-refractivity contribution in [1.82, 2.24) is 5.32 Å². The van der Waals surface area contributed by atoms with Crippen molar-refractivity contribution in [2.24, 2.45) is 0 Å². The van der Waals surface area contributed by atoms with Crippen LogP contribution in [0.15, 0.2) is 18.2 Å². The van der Waals surface area contributed by atoms with Gasteiger partial charge in [-0.2, -0.15) is 0 Å². The third kappa shape index (κ3) is 4.56. The van der Waals surface area contributed by atoms with Gasteiger partial charge in [0.15, 0.2) is 16.7 Å². The first kappa shape index (κ1) is 13.7. The van der Waals surface area contributed by atoms with E-state index in [1.54, 1.807) is 12.1 Å². The maximum Gasteiger partial charge on any atom is 0.170 e. The first-order valence-corrected chi connectivity index (χ1v) is 5.96. The van der Waals surface area contributed by atoms with Gasteiger partial charge in [-0.3, -0.25) is 0 Å². The van der Waals surface area contributed by atoms with Gasteiger partial charge in [0, 0.05) is 18.3 Å². The summed E-state index contributed by atoms with van der Waals surface area (Å²) in [5.41, 5.74) is 0.706. The monoisotopic (exact) mass is 256 g/mol.